The van der Waals surface area contributed by atoms with E-state index in [-0.39, 0.29) is 11.8 Å². The van der Waals surface area contributed by atoms with Crippen LogP contribution in [0.15, 0.2) is 28.5 Å². The smallest absolute Gasteiger partial charge is 0.272 e. The Kier molecular flexibility index (Phi) is 2.39. The summed E-state index contributed by atoms with van der Waals surface area (Å²) in [5.74, 6) is 1.63. The van der Waals surface area contributed by atoms with Gasteiger partial charge in [0.1, 0.15) is 11.4 Å². The van der Waals surface area contributed by atoms with E-state index in [1.807, 2.05) is 0 Å². The quantitative estimate of drug-likeness (QED) is 0.904. The van der Waals surface area contributed by atoms with Gasteiger partial charge in [-0.2, -0.15) is 5.10 Å². The number of fused-ring (bicyclic) bond motifs is 3. The van der Waals surface area contributed by atoms with E-state index < -0.39 is 0 Å². The first-order valence-electron chi connectivity index (χ1n) is 6.73. The summed E-state index contributed by atoms with van der Waals surface area (Å²) in [6.45, 7) is 0. The Morgan fingerprint density at radius 2 is 2.30 bits per heavy atom. The summed E-state index contributed by atoms with van der Waals surface area (Å²) in [5.41, 5.74) is 2.19. The molecule has 2 aliphatic carbocycles. The molecule has 2 saturated carbocycles. The zero-order valence-corrected chi connectivity index (χ0v) is 11.0. The minimum atomic E-state index is -0.207. The topological polar surface area (TPSA) is 75.9 Å². The number of hydrogen-bond acceptors (Lipinski definition) is 5. The summed E-state index contributed by atoms with van der Waals surface area (Å²) >= 11 is 0. The van der Waals surface area contributed by atoms with Crippen molar-refractivity contribution in [2.75, 3.05) is 12.4 Å². The molecule has 3 aliphatic rings. The van der Waals surface area contributed by atoms with Gasteiger partial charge in [0.05, 0.1) is 12.8 Å². The lowest BCUT2D eigenvalue weighted by Crippen LogP contribution is -2.30. The van der Waals surface area contributed by atoms with Crippen molar-refractivity contribution in [2.45, 2.75) is 12.8 Å². The van der Waals surface area contributed by atoms with Crippen molar-refractivity contribution in [3.05, 3.63) is 18.3 Å². The van der Waals surface area contributed by atoms with E-state index in [9.17, 15) is 4.79 Å². The first-order valence-corrected chi connectivity index (χ1v) is 6.73. The summed E-state index contributed by atoms with van der Waals surface area (Å²) in [6, 6.07) is 3.51. The highest BCUT2D eigenvalue weighted by molar-refractivity contribution is 6.48. The fourth-order valence-corrected chi connectivity index (χ4v) is 3.17. The fourth-order valence-electron chi connectivity index (χ4n) is 3.17. The average molecular weight is 270 g/mol. The number of aromatic nitrogens is 1. The molecule has 1 aromatic heterocycles. The summed E-state index contributed by atoms with van der Waals surface area (Å²) in [5, 5.41) is 11.1. The van der Waals surface area contributed by atoms with Crippen LogP contribution in [0.5, 0.6) is 5.88 Å². The normalized spacial score (nSPS) is 29.1. The molecule has 20 heavy (non-hydrogen) atoms. The summed E-state index contributed by atoms with van der Waals surface area (Å²) < 4.78 is 5.13. The zero-order chi connectivity index (χ0) is 13.7. The van der Waals surface area contributed by atoms with Gasteiger partial charge in [-0.1, -0.05) is 0 Å². The van der Waals surface area contributed by atoms with Gasteiger partial charge in [0.15, 0.2) is 0 Å². The minimum absolute atomic E-state index is 0.126. The van der Waals surface area contributed by atoms with Gasteiger partial charge in [-0.05, 0) is 30.9 Å². The Hall–Kier alpha value is -2.24. The van der Waals surface area contributed by atoms with Crippen molar-refractivity contribution >= 4 is 23.0 Å². The predicted octanol–water partition coefficient (Wildman–Crippen LogP) is 1.50. The number of carbonyl (C=O) groups excluding carboxylic acids is 1. The van der Waals surface area contributed by atoms with Crippen LogP contribution >= 0.6 is 0 Å². The highest BCUT2D eigenvalue weighted by Gasteiger charge is 2.55. The van der Waals surface area contributed by atoms with Crippen molar-refractivity contribution in [3.63, 3.8) is 0 Å². The molecule has 3 unspecified atom stereocenters. The molecule has 2 heterocycles. The van der Waals surface area contributed by atoms with Crippen LogP contribution in [0.3, 0.4) is 0 Å². The van der Waals surface area contributed by atoms with E-state index in [0.717, 1.165) is 18.1 Å². The third-order valence-corrected chi connectivity index (χ3v) is 4.25. The van der Waals surface area contributed by atoms with Crippen molar-refractivity contribution in [1.29, 1.82) is 0 Å². The molecule has 1 aromatic rings. The van der Waals surface area contributed by atoms with Crippen LogP contribution in [-0.4, -0.2) is 29.4 Å². The molecule has 102 valence electrons. The summed E-state index contributed by atoms with van der Waals surface area (Å²) in [4.78, 5) is 16.4. The molecule has 0 radical (unpaired) electrons. The Labute approximate surface area is 116 Å². The molecule has 1 N–H and O–H groups in total. The number of hydrogen-bond donors (Lipinski definition) is 1. The minimum Gasteiger partial charge on any atom is -0.480 e. The number of ether oxygens (including phenoxy) is 1. The number of nitrogens with one attached hydrogen (secondary N) is 1. The van der Waals surface area contributed by atoms with Crippen molar-refractivity contribution in [3.8, 4) is 5.88 Å². The molecular weight excluding hydrogens is 256 g/mol. The lowest BCUT2D eigenvalue weighted by atomic mass is 9.96. The number of carbonyl (C=O) groups is 1. The number of nitrogens with zero attached hydrogens (tertiary/aromatic N) is 3. The SMILES string of the molecule is COc1ncccc1NC(=O)C1=NN=C2C1CC1CC21. The molecule has 3 atom stereocenters. The van der Waals surface area contributed by atoms with Gasteiger partial charge >= 0.3 is 0 Å². The molecule has 1 amide bonds. The van der Waals surface area contributed by atoms with E-state index in [4.69, 9.17) is 4.74 Å². The highest BCUT2D eigenvalue weighted by atomic mass is 16.5. The number of methoxy groups -OCH3 is 1. The number of anilines is 1. The summed E-state index contributed by atoms with van der Waals surface area (Å²) in [6.07, 6.45) is 3.85. The molecule has 0 saturated heterocycles. The zero-order valence-electron chi connectivity index (χ0n) is 11.0. The van der Waals surface area contributed by atoms with Crippen LogP contribution in [0.4, 0.5) is 5.69 Å². The maximum absolute atomic E-state index is 12.3. The molecule has 0 spiro atoms. The van der Waals surface area contributed by atoms with Crippen molar-refractivity contribution in [2.24, 2.45) is 28.0 Å². The second kappa shape index (κ2) is 4.13. The molecule has 2 fully saturated rings. The van der Waals surface area contributed by atoms with E-state index in [1.54, 1.807) is 18.3 Å². The average Bonchev–Trinajstić information content (AvgIpc) is 2.95. The Morgan fingerprint density at radius 1 is 1.40 bits per heavy atom. The van der Waals surface area contributed by atoms with Gasteiger partial charge in [0.25, 0.3) is 5.91 Å². The van der Waals surface area contributed by atoms with Crippen LogP contribution in [0.25, 0.3) is 0 Å². The first-order chi connectivity index (χ1) is 9.78. The van der Waals surface area contributed by atoms with Crippen LogP contribution < -0.4 is 10.1 Å². The van der Waals surface area contributed by atoms with E-state index in [2.05, 4.69) is 20.5 Å². The Balaban J connectivity index is 1.52. The third kappa shape index (κ3) is 1.64. The molecule has 0 bridgehead atoms. The standard InChI is InChI=1S/C14H14N4O2/c1-20-14-10(3-2-4-15-14)16-13(19)12-9-6-7-5-8(7)11(9)17-18-12/h2-4,7-9H,5-6H2,1H3,(H,16,19). The molecule has 4 rings (SSSR count). The van der Waals surface area contributed by atoms with Gasteiger partial charge in [-0.25, -0.2) is 4.98 Å². The van der Waals surface area contributed by atoms with Crippen LogP contribution in [0.1, 0.15) is 12.8 Å². The largest absolute Gasteiger partial charge is 0.480 e. The van der Waals surface area contributed by atoms with Gasteiger partial charge in [-0.15, -0.1) is 5.10 Å². The second-order valence-electron chi connectivity index (χ2n) is 5.42. The van der Waals surface area contributed by atoms with E-state index in [1.165, 1.54) is 13.5 Å². The maximum atomic E-state index is 12.3. The number of amides is 1. The van der Waals surface area contributed by atoms with Gasteiger partial charge in [0.2, 0.25) is 5.88 Å². The fraction of sp³-hybridized carbons (Fsp3) is 0.429. The molecular formula is C14H14N4O2. The molecule has 1 aliphatic heterocycles. The van der Waals surface area contributed by atoms with Crippen LogP contribution in [-0.2, 0) is 4.79 Å². The first kappa shape index (κ1) is 11.6. The van der Waals surface area contributed by atoms with Crippen LogP contribution in [0, 0.1) is 17.8 Å². The summed E-state index contributed by atoms with van der Waals surface area (Å²) in [7, 11) is 1.52. The number of pyridine rings is 1. The second-order valence-corrected chi connectivity index (χ2v) is 5.42. The van der Waals surface area contributed by atoms with Gasteiger partial charge in [-0.3, -0.25) is 4.79 Å². The Bertz CT molecular complexity index is 652. The van der Waals surface area contributed by atoms with Gasteiger partial charge < -0.3 is 10.1 Å². The van der Waals surface area contributed by atoms with Crippen LogP contribution in [0.2, 0.25) is 0 Å². The molecule has 6 heteroatoms. The highest BCUT2D eigenvalue weighted by Crippen LogP contribution is 2.54. The lowest BCUT2D eigenvalue weighted by Gasteiger charge is -2.12. The lowest BCUT2D eigenvalue weighted by molar-refractivity contribution is -0.110. The van der Waals surface area contributed by atoms with E-state index in [0.29, 0.717) is 23.2 Å². The Morgan fingerprint density at radius 3 is 3.15 bits per heavy atom. The molecule has 0 aromatic carbocycles. The van der Waals surface area contributed by atoms with E-state index >= 15 is 0 Å². The van der Waals surface area contributed by atoms with Crippen molar-refractivity contribution in [1.82, 2.24) is 4.98 Å². The number of rotatable bonds is 3. The van der Waals surface area contributed by atoms with Gasteiger partial charge in [0, 0.05) is 18.0 Å². The molecule has 6 nitrogen and oxygen atoms in total. The maximum Gasteiger partial charge on any atom is 0.272 e. The monoisotopic (exact) mass is 270 g/mol. The third-order valence-electron chi connectivity index (χ3n) is 4.25. The predicted molar refractivity (Wildman–Crippen MR) is 74.0 cm³/mol. The van der Waals surface area contributed by atoms with Crippen molar-refractivity contribution < 1.29 is 9.53 Å².